The Morgan fingerprint density at radius 2 is 1.70 bits per heavy atom. The van der Waals surface area contributed by atoms with Crippen molar-refractivity contribution in [1.82, 2.24) is 0 Å². The van der Waals surface area contributed by atoms with Gasteiger partial charge >= 0.3 is 5.63 Å². The molecule has 1 fully saturated rings. The highest BCUT2D eigenvalue weighted by molar-refractivity contribution is 5.84. The van der Waals surface area contributed by atoms with Crippen LogP contribution in [-0.4, -0.2) is 62.8 Å². The summed E-state index contributed by atoms with van der Waals surface area (Å²) in [5, 5.41) is 49.9. The summed E-state index contributed by atoms with van der Waals surface area (Å²) in [6.07, 6.45) is -7.47. The minimum atomic E-state index is -1.65. The van der Waals surface area contributed by atoms with Gasteiger partial charge in [-0.25, -0.2) is 4.79 Å². The number of ether oxygens (including phenoxy) is 2. The number of aliphatic hydroxyl groups excluding tert-OH is 4. The van der Waals surface area contributed by atoms with Crippen molar-refractivity contribution >= 4 is 11.0 Å². The first kappa shape index (κ1) is 20.3. The monoisotopic (exact) mass is 416 g/mol. The molecule has 1 saturated heterocycles. The first-order valence-corrected chi connectivity index (χ1v) is 9.22. The van der Waals surface area contributed by atoms with Crippen molar-refractivity contribution in [2.75, 3.05) is 6.61 Å². The predicted molar refractivity (Wildman–Crippen MR) is 104 cm³/mol. The van der Waals surface area contributed by atoms with E-state index in [2.05, 4.69) is 0 Å². The third-order valence-corrected chi connectivity index (χ3v) is 4.99. The zero-order chi connectivity index (χ0) is 21.4. The molecule has 0 unspecified atom stereocenters. The molecule has 158 valence electrons. The molecule has 30 heavy (non-hydrogen) atoms. The van der Waals surface area contributed by atoms with E-state index in [0.29, 0.717) is 16.5 Å². The Morgan fingerprint density at radius 3 is 2.40 bits per heavy atom. The fraction of sp³-hybridized carbons (Fsp3) is 0.286. The number of aliphatic hydroxyl groups is 4. The van der Waals surface area contributed by atoms with Gasteiger partial charge < -0.3 is 39.4 Å². The van der Waals surface area contributed by atoms with Crippen LogP contribution >= 0.6 is 0 Å². The van der Waals surface area contributed by atoms with Crippen molar-refractivity contribution in [3.05, 3.63) is 59.0 Å². The maximum atomic E-state index is 12.4. The number of hydrogen-bond acceptors (Lipinski definition) is 9. The molecular weight excluding hydrogens is 396 g/mol. The SMILES string of the molecule is O=c1oc2cc(O[C@H]3O[C@H](CO)[C@@H](O)[C@H](O)[C@H]3O)c(O)cc2cc1-c1ccccc1. The molecule has 2 heterocycles. The maximum Gasteiger partial charge on any atom is 0.344 e. The topological polar surface area (TPSA) is 150 Å². The van der Waals surface area contributed by atoms with Crippen LogP contribution in [0.5, 0.6) is 11.5 Å². The second-order valence-corrected chi connectivity index (χ2v) is 6.99. The van der Waals surface area contributed by atoms with E-state index in [1.165, 1.54) is 12.1 Å². The Bertz CT molecular complexity index is 1090. The quantitative estimate of drug-likeness (QED) is 0.380. The molecule has 0 bridgehead atoms. The van der Waals surface area contributed by atoms with E-state index in [1.807, 2.05) is 6.07 Å². The van der Waals surface area contributed by atoms with Crippen molar-refractivity contribution < 1.29 is 39.4 Å². The van der Waals surface area contributed by atoms with Crippen LogP contribution in [0.4, 0.5) is 0 Å². The molecule has 0 amide bonds. The Hall–Kier alpha value is -2.95. The molecule has 0 spiro atoms. The smallest absolute Gasteiger partial charge is 0.344 e. The highest BCUT2D eigenvalue weighted by Gasteiger charge is 2.45. The average molecular weight is 416 g/mol. The Morgan fingerprint density at radius 1 is 0.967 bits per heavy atom. The van der Waals surface area contributed by atoms with Gasteiger partial charge in [-0.3, -0.25) is 0 Å². The third-order valence-electron chi connectivity index (χ3n) is 4.99. The molecule has 0 aliphatic carbocycles. The molecule has 0 saturated carbocycles. The van der Waals surface area contributed by atoms with Gasteiger partial charge in [0.25, 0.3) is 0 Å². The summed E-state index contributed by atoms with van der Waals surface area (Å²) in [7, 11) is 0. The molecule has 5 N–H and O–H groups in total. The number of phenolic OH excluding ortho intramolecular Hbond substituents is 1. The summed E-state index contributed by atoms with van der Waals surface area (Å²) in [6.45, 7) is -0.619. The van der Waals surface area contributed by atoms with Crippen molar-refractivity contribution in [2.24, 2.45) is 0 Å². The minimum Gasteiger partial charge on any atom is -0.504 e. The van der Waals surface area contributed by atoms with Gasteiger partial charge in [-0.05, 0) is 17.7 Å². The number of fused-ring (bicyclic) bond motifs is 1. The lowest BCUT2D eigenvalue weighted by Crippen LogP contribution is -2.60. The van der Waals surface area contributed by atoms with Gasteiger partial charge in [0.2, 0.25) is 6.29 Å². The molecule has 2 aromatic carbocycles. The second-order valence-electron chi connectivity index (χ2n) is 6.99. The molecule has 4 rings (SSSR count). The lowest BCUT2D eigenvalue weighted by Gasteiger charge is -2.39. The van der Waals surface area contributed by atoms with Crippen molar-refractivity contribution in [2.45, 2.75) is 30.7 Å². The fourth-order valence-corrected chi connectivity index (χ4v) is 3.34. The van der Waals surface area contributed by atoms with E-state index in [0.717, 1.165) is 0 Å². The van der Waals surface area contributed by atoms with Crippen LogP contribution in [0.2, 0.25) is 0 Å². The summed E-state index contributed by atoms with van der Waals surface area (Å²) in [6, 6.07) is 13.1. The van der Waals surface area contributed by atoms with E-state index >= 15 is 0 Å². The van der Waals surface area contributed by atoms with E-state index in [1.54, 1.807) is 30.3 Å². The standard InChI is InChI=1S/C21H20O9/c22-9-16-17(24)18(25)19(26)21(30-16)29-15-8-14-11(7-13(15)23)6-12(20(27)28-14)10-4-2-1-3-5-10/h1-8,16-19,21-26H,9H2/t16-,17-,18+,19-,21+/m1/s1. The number of phenols is 1. The Kier molecular flexibility index (Phi) is 5.46. The molecule has 9 nitrogen and oxygen atoms in total. The predicted octanol–water partition coefficient (Wildman–Crippen LogP) is 0.344. The number of rotatable bonds is 4. The number of aromatic hydroxyl groups is 1. The zero-order valence-electron chi connectivity index (χ0n) is 15.6. The van der Waals surface area contributed by atoms with E-state index in [4.69, 9.17) is 13.9 Å². The van der Waals surface area contributed by atoms with Crippen LogP contribution < -0.4 is 10.4 Å². The normalized spacial score (nSPS) is 26.6. The molecule has 1 aliphatic heterocycles. The summed E-state index contributed by atoms with van der Waals surface area (Å²) >= 11 is 0. The molecule has 1 aliphatic rings. The van der Waals surface area contributed by atoms with Gasteiger partial charge in [0.05, 0.1) is 12.2 Å². The minimum absolute atomic E-state index is 0.122. The third kappa shape index (κ3) is 3.64. The largest absolute Gasteiger partial charge is 0.504 e. The summed E-state index contributed by atoms with van der Waals surface area (Å²) < 4.78 is 16.1. The van der Waals surface area contributed by atoms with Gasteiger partial charge in [-0.1, -0.05) is 30.3 Å². The van der Waals surface area contributed by atoms with Gasteiger partial charge in [0.15, 0.2) is 11.5 Å². The van der Waals surface area contributed by atoms with Crippen molar-refractivity contribution in [3.8, 4) is 22.6 Å². The maximum absolute atomic E-state index is 12.4. The molecular formula is C21H20O9. The lowest BCUT2D eigenvalue weighted by atomic mass is 9.99. The van der Waals surface area contributed by atoms with E-state index < -0.39 is 42.9 Å². The average Bonchev–Trinajstić information content (AvgIpc) is 2.75. The number of hydrogen-bond donors (Lipinski definition) is 5. The fourth-order valence-electron chi connectivity index (χ4n) is 3.34. The van der Waals surface area contributed by atoms with Crippen LogP contribution in [0.25, 0.3) is 22.1 Å². The second kappa shape index (κ2) is 8.05. The van der Waals surface area contributed by atoms with Crippen LogP contribution in [0.15, 0.2) is 57.7 Å². The first-order chi connectivity index (χ1) is 14.4. The Balaban J connectivity index is 1.67. The van der Waals surface area contributed by atoms with Crippen molar-refractivity contribution in [3.63, 3.8) is 0 Å². The molecule has 3 aromatic rings. The van der Waals surface area contributed by atoms with Crippen LogP contribution in [0.3, 0.4) is 0 Å². The highest BCUT2D eigenvalue weighted by atomic mass is 16.7. The summed E-state index contributed by atoms with van der Waals surface area (Å²) in [5.74, 6) is -0.505. The molecule has 5 atom stereocenters. The van der Waals surface area contributed by atoms with Gasteiger partial charge in [-0.15, -0.1) is 0 Å². The van der Waals surface area contributed by atoms with Crippen LogP contribution in [-0.2, 0) is 4.74 Å². The van der Waals surface area contributed by atoms with Gasteiger partial charge in [0.1, 0.15) is 30.0 Å². The van der Waals surface area contributed by atoms with Crippen LogP contribution in [0.1, 0.15) is 0 Å². The first-order valence-electron chi connectivity index (χ1n) is 9.22. The number of benzene rings is 2. The summed E-state index contributed by atoms with van der Waals surface area (Å²) in [4.78, 5) is 12.4. The van der Waals surface area contributed by atoms with Gasteiger partial charge in [0, 0.05) is 11.5 Å². The van der Waals surface area contributed by atoms with Crippen molar-refractivity contribution in [1.29, 1.82) is 0 Å². The Labute approximate surface area is 170 Å². The van der Waals surface area contributed by atoms with Gasteiger partial charge in [-0.2, -0.15) is 0 Å². The summed E-state index contributed by atoms with van der Waals surface area (Å²) in [5.41, 5.74) is 0.523. The molecule has 1 aromatic heterocycles. The van der Waals surface area contributed by atoms with Crippen LogP contribution in [0, 0.1) is 0 Å². The molecule has 0 radical (unpaired) electrons. The highest BCUT2D eigenvalue weighted by Crippen LogP contribution is 2.35. The lowest BCUT2D eigenvalue weighted by molar-refractivity contribution is -0.277. The molecule has 9 heteroatoms. The zero-order valence-corrected chi connectivity index (χ0v) is 15.6. The van der Waals surface area contributed by atoms with E-state index in [-0.39, 0.29) is 17.1 Å². The van der Waals surface area contributed by atoms with E-state index in [9.17, 15) is 30.3 Å².